The molecule has 0 aliphatic heterocycles. The van der Waals surface area contributed by atoms with E-state index in [9.17, 15) is 19.2 Å². The first-order valence-electron chi connectivity index (χ1n) is 10.8. The molecular formula is C22H35N5O5. The first-order valence-corrected chi connectivity index (χ1v) is 10.8. The molecule has 0 heterocycles. The SMILES string of the molecule is CC(C)C(N)C(=O)NC(Cc1ccccc1)C(=O)NC(CCCCN)C(=O)NCC(=O)O. The lowest BCUT2D eigenvalue weighted by atomic mass is 10.0. The Morgan fingerprint density at radius 3 is 2.12 bits per heavy atom. The number of aliphatic carboxylic acids is 1. The van der Waals surface area contributed by atoms with Crippen molar-refractivity contribution in [2.45, 2.75) is 57.7 Å². The molecule has 32 heavy (non-hydrogen) atoms. The fourth-order valence-electron chi connectivity index (χ4n) is 2.95. The minimum absolute atomic E-state index is 0.124. The molecule has 0 fully saturated rings. The first-order chi connectivity index (χ1) is 15.1. The Balaban J connectivity index is 2.99. The molecule has 3 atom stereocenters. The van der Waals surface area contributed by atoms with Crippen molar-refractivity contribution in [2.75, 3.05) is 13.1 Å². The zero-order chi connectivity index (χ0) is 24.1. The minimum atomic E-state index is -1.19. The molecule has 0 spiro atoms. The molecule has 0 radical (unpaired) electrons. The molecule has 3 amide bonds. The van der Waals surface area contributed by atoms with E-state index in [1.165, 1.54) is 0 Å². The van der Waals surface area contributed by atoms with Gasteiger partial charge in [0.25, 0.3) is 0 Å². The standard InChI is InChI=1S/C22H35N5O5/c1-14(2)19(24)22(32)27-17(12-15-8-4-3-5-9-15)21(31)26-16(10-6-7-11-23)20(30)25-13-18(28)29/h3-5,8-9,14,16-17,19H,6-7,10-13,23-24H2,1-2H3,(H,25,30)(H,26,31)(H,27,32)(H,28,29). The Morgan fingerprint density at radius 2 is 1.56 bits per heavy atom. The van der Waals surface area contributed by atoms with Crippen LogP contribution >= 0.6 is 0 Å². The average molecular weight is 450 g/mol. The highest BCUT2D eigenvalue weighted by Crippen LogP contribution is 2.07. The maximum atomic E-state index is 13.1. The Hall–Kier alpha value is -2.98. The van der Waals surface area contributed by atoms with Crippen molar-refractivity contribution in [3.8, 4) is 0 Å². The Bertz CT molecular complexity index is 756. The summed E-state index contributed by atoms with van der Waals surface area (Å²) in [6.07, 6.45) is 1.70. The number of nitrogens with one attached hydrogen (secondary N) is 3. The fraction of sp³-hybridized carbons (Fsp3) is 0.545. The Morgan fingerprint density at radius 1 is 0.938 bits per heavy atom. The van der Waals surface area contributed by atoms with Crippen LogP contribution in [0.4, 0.5) is 0 Å². The van der Waals surface area contributed by atoms with Crippen LogP contribution in [-0.2, 0) is 25.6 Å². The molecule has 1 aromatic rings. The maximum Gasteiger partial charge on any atom is 0.322 e. The summed E-state index contributed by atoms with van der Waals surface area (Å²) < 4.78 is 0. The molecule has 0 aromatic heterocycles. The summed E-state index contributed by atoms with van der Waals surface area (Å²) in [4.78, 5) is 48.8. The lowest BCUT2D eigenvalue weighted by molar-refractivity contribution is -0.138. The van der Waals surface area contributed by atoms with Gasteiger partial charge in [0, 0.05) is 6.42 Å². The van der Waals surface area contributed by atoms with Crippen LogP contribution < -0.4 is 27.4 Å². The molecule has 0 aliphatic rings. The van der Waals surface area contributed by atoms with E-state index >= 15 is 0 Å². The number of carboxylic acid groups (broad SMARTS) is 1. The van der Waals surface area contributed by atoms with Gasteiger partial charge in [0.15, 0.2) is 0 Å². The van der Waals surface area contributed by atoms with Crippen LogP contribution in [0.15, 0.2) is 30.3 Å². The monoisotopic (exact) mass is 449 g/mol. The zero-order valence-electron chi connectivity index (χ0n) is 18.7. The van der Waals surface area contributed by atoms with Gasteiger partial charge in [0.05, 0.1) is 6.04 Å². The predicted octanol–water partition coefficient (Wildman–Crippen LogP) is -0.488. The van der Waals surface area contributed by atoms with Crippen molar-refractivity contribution in [1.29, 1.82) is 0 Å². The summed E-state index contributed by atoms with van der Waals surface area (Å²) in [7, 11) is 0. The molecule has 3 unspecified atom stereocenters. The Kier molecular flexibility index (Phi) is 12.0. The van der Waals surface area contributed by atoms with Crippen molar-refractivity contribution < 1.29 is 24.3 Å². The number of rotatable bonds is 14. The van der Waals surface area contributed by atoms with E-state index in [0.29, 0.717) is 19.4 Å². The van der Waals surface area contributed by atoms with E-state index in [-0.39, 0.29) is 18.8 Å². The smallest absolute Gasteiger partial charge is 0.322 e. The summed E-state index contributed by atoms with van der Waals surface area (Å²) >= 11 is 0. The summed E-state index contributed by atoms with van der Waals surface area (Å²) in [5.41, 5.74) is 12.3. The van der Waals surface area contributed by atoms with Gasteiger partial charge < -0.3 is 32.5 Å². The van der Waals surface area contributed by atoms with Crippen molar-refractivity contribution in [3.63, 3.8) is 0 Å². The van der Waals surface area contributed by atoms with Crippen molar-refractivity contribution in [1.82, 2.24) is 16.0 Å². The molecular weight excluding hydrogens is 414 g/mol. The number of carbonyl (C=O) groups is 4. The van der Waals surface area contributed by atoms with Gasteiger partial charge in [-0.1, -0.05) is 44.2 Å². The molecule has 0 bridgehead atoms. The normalized spacial score (nSPS) is 13.7. The van der Waals surface area contributed by atoms with Crippen molar-refractivity contribution >= 4 is 23.7 Å². The summed E-state index contributed by atoms with van der Waals surface area (Å²) in [5.74, 6) is -2.95. The lowest BCUT2D eigenvalue weighted by Crippen LogP contribution is -2.57. The molecule has 1 rings (SSSR count). The number of unbranched alkanes of at least 4 members (excludes halogenated alkanes) is 1. The van der Waals surface area contributed by atoms with Crippen LogP contribution in [0.25, 0.3) is 0 Å². The second-order valence-electron chi connectivity index (χ2n) is 7.98. The van der Waals surface area contributed by atoms with Crippen molar-refractivity contribution in [2.24, 2.45) is 17.4 Å². The number of amides is 3. The molecule has 8 N–H and O–H groups in total. The molecule has 0 aliphatic carbocycles. The highest BCUT2D eigenvalue weighted by Gasteiger charge is 2.29. The minimum Gasteiger partial charge on any atom is -0.480 e. The van der Waals surface area contributed by atoms with Crippen molar-refractivity contribution in [3.05, 3.63) is 35.9 Å². The van der Waals surface area contributed by atoms with Gasteiger partial charge in [-0.3, -0.25) is 19.2 Å². The second kappa shape index (κ2) is 14.2. The maximum absolute atomic E-state index is 13.1. The highest BCUT2D eigenvalue weighted by atomic mass is 16.4. The van der Waals surface area contributed by atoms with Gasteiger partial charge in [-0.15, -0.1) is 0 Å². The van der Waals surface area contributed by atoms with Crippen LogP contribution in [0, 0.1) is 5.92 Å². The van der Waals surface area contributed by atoms with Gasteiger partial charge in [0.1, 0.15) is 18.6 Å². The number of carbonyl (C=O) groups excluding carboxylic acids is 3. The number of hydrogen-bond donors (Lipinski definition) is 6. The highest BCUT2D eigenvalue weighted by molar-refractivity contribution is 5.93. The van der Waals surface area contributed by atoms with E-state index in [4.69, 9.17) is 16.6 Å². The molecule has 178 valence electrons. The summed E-state index contributed by atoms with van der Waals surface area (Å²) in [5, 5.41) is 16.4. The quantitative estimate of drug-likeness (QED) is 0.208. The number of benzene rings is 1. The van der Waals surface area contributed by atoms with E-state index < -0.39 is 48.4 Å². The van der Waals surface area contributed by atoms with Gasteiger partial charge in [-0.25, -0.2) is 0 Å². The third-order valence-electron chi connectivity index (χ3n) is 4.93. The molecule has 1 aromatic carbocycles. The van der Waals surface area contributed by atoms with E-state index in [1.807, 2.05) is 30.3 Å². The third-order valence-corrected chi connectivity index (χ3v) is 4.93. The number of carboxylic acids is 1. The van der Waals surface area contributed by atoms with Crippen LogP contribution in [-0.4, -0.2) is 60.0 Å². The van der Waals surface area contributed by atoms with Crippen LogP contribution in [0.2, 0.25) is 0 Å². The molecule has 0 saturated carbocycles. The molecule has 10 heteroatoms. The largest absolute Gasteiger partial charge is 0.480 e. The van der Waals surface area contributed by atoms with E-state index in [2.05, 4.69) is 16.0 Å². The fourth-order valence-corrected chi connectivity index (χ4v) is 2.95. The van der Waals surface area contributed by atoms with Crippen LogP contribution in [0.1, 0.15) is 38.7 Å². The van der Waals surface area contributed by atoms with Crippen LogP contribution in [0.5, 0.6) is 0 Å². The lowest BCUT2D eigenvalue weighted by Gasteiger charge is -2.25. The Labute approximate surface area is 188 Å². The second-order valence-corrected chi connectivity index (χ2v) is 7.98. The molecule has 10 nitrogen and oxygen atoms in total. The van der Waals surface area contributed by atoms with Gasteiger partial charge >= 0.3 is 5.97 Å². The van der Waals surface area contributed by atoms with E-state index in [1.54, 1.807) is 13.8 Å². The topological polar surface area (TPSA) is 177 Å². The summed E-state index contributed by atoms with van der Waals surface area (Å²) in [6.45, 7) is 3.47. The third kappa shape index (κ3) is 9.88. The van der Waals surface area contributed by atoms with Gasteiger partial charge in [-0.05, 0) is 37.3 Å². The van der Waals surface area contributed by atoms with E-state index in [0.717, 1.165) is 5.56 Å². The average Bonchev–Trinajstić information content (AvgIpc) is 2.76. The summed E-state index contributed by atoms with van der Waals surface area (Å²) in [6, 6.07) is 6.43. The first kappa shape index (κ1) is 27.1. The van der Waals surface area contributed by atoms with Crippen LogP contribution in [0.3, 0.4) is 0 Å². The zero-order valence-corrected chi connectivity index (χ0v) is 18.7. The van der Waals surface area contributed by atoms with Gasteiger partial charge in [0.2, 0.25) is 17.7 Å². The number of hydrogen-bond acceptors (Lipinski definition) is 6. The number of nitrogens with two attached hydrogens (primary N) is 2. The van der Waals surface area contributed by atoms with Gasteiger partial charge in [-0.2, -0.15) is 0 Å². The molecule has 0 saturated heterocycles. The predicted molar refractivity (Wildman–Crippen MR) is 120 cm³/mol.